The molecule has 2 unspecified atom stereocenters. The third-order valence-electron chi connectivity index (χ3n) is 4.41. The largest absolute Gasteiger partial charge is 0.303 e. The number of hydrogen-bond donors (Lipinski definition) is 0. The molecule has 2 aliphatic rings. The van der Waals surface area contributed by atoms with Gasteiger partial charge in [0, 0.05) is 13.1 Å². The maximum atomic E-state index is 2.66. The summed E-state index contributed by atoms with van der Waals surface area (Å²) in [6.45, 7) is 12.7. The highest BCUT2D eigenvalue weighted by Crippen LogP contribution is 2.22. The maximum absolute atomic E-state index is 2.66. The molecule has 2 heteroatoms. The Hall–Kier alpha value is -0.0800. The van der Waals surface area contributed by atoms with Gasteiger partial charge in [0.1, 0.15) is 0 Å². The van der Waals surface area contributed by atoms with Crippen LogP contribution in [-0.4, -0.2) is 49.1 Å². The minimum atomic E-state index is 0.946. The molecule has 16 heavy (non-hydrogen) atoms. The molecular weight excluding hydrogens is 196 g/mol. The molecule has 0 saturated carbocycles. The lowest BCUT2D eigenvalue weighted by Crippen LogP contribution is -2.23. The summed E-state index contributed by atoms with van der Waals surface area (Å²) in [5.41, 5.74) is 0. The number of hydrogen-bond acceptors (Lipinski definition) is 2. The lowest BCUT2D eigenvalue weighted by molar-refractivity contribution is 0.299. The summed E-state index contributed by atoms with van der Waals surface area (Å²) in [6.07, 6.45) is 5.76. The molecule has 0 bridgehead atoms. The fraction of sp³-hybridized carbons (Fsp3) is 1.00. The molecule has 0 amide bonds. The van der Waals surface area contributed by atoms with Crippen LogP contribution in [0.25, 0.3) is 0 Å². The van der Waals surface area contributed by atoms with Crippen LogP contribution in [0.4, 0.5) is 0 Å². The average molecular weight is 224 g/mol. The van der Waals surface area contributed by atoms with Crippen molar-refractivity contribution in [3.05, 3.63) is 0 Å². The van der Waals surface area contributed by atoms with Gasteiger partial charge in [0.25, 0.3) is 0 Å². The van der Waals surface area contributed by atoms with E-state index in [0.29, 0.717) is 0 Å². The van der Waals surface area contributed by atoms with E-state index in [2.05, 4.69) is 23.6 Å². The number of nitrogens with zero attached hydrogens (tertiary/aromatic N) is 2. The summed E-state index contributed by atoms with van der Waals surface area (Å²) in [7, 11) is 0. The Kier molecular flexibility index (Phi) is 4.66. The molecule has 2 aliphatic heterocycles. The first-order valence-electron chi connectivity index (χ1n) is 7.22. The van der Waals surface area contributed by atoms with Crippen LogP contribution in [0.2, 0.25) is 0 Å². The standard InChI is InChI=1S/C14H28N2/c1-3-15-10-7-14(12-15)5-4-8-16-9-6-13(2)11-16/h13-14H,3-12H2,1-2H3. The highest BCUT2D eigenvalue weighted by molar-refractivity contribution is 4.76. The SMILES string of the molecule is CCN1CCC(CCCN2CCC(C)C2)C1. The molecule has 0 aromatic carbocycles. The summed E-state index contributed by atoms with van der Waals surface area (Å²) in [6, 6.07) is 0. The van der Waals surface area contributed by atoms with Crippen molar-refractivity contribution < 1.29 is 0 Å². The molecule has 2 fully saturated rings. The zero-order valence-electron chi connectivity index (χ0n) is 11.1. The van der Waals surface area contributed by atoms with Crippen molar-refractivity contribution in [2.24, 2.45) is 11.8 Å². The van der Waals surface area contributed by atoms with Crippen LogP contribution in [0.5, 0.6) is 0 Å². The summed E-state index contributed by atoms with van der Waals surface area (Å²) in [5.74, 6) is 1.95. The molecular formula is C14H28N2. The van der Waals surface area contributed by atoms with Crippen LogP contribution in [0.15, 0.2) is 0 Å². The molecule has 0 spiro atoms. The topological polar surface area (TPSA) is 6.48 Å². The average Bonchev–Trinajstić information content (AvgIpc) is 2.88. The fourth-order valence-corrected chi connectivity index (χ4v) is 3.27. The quantitative estimate of drug-likeness (QED) is 0.708. The van der Waals surface area contributed by atoms with Crippen molar-refractivity contribution in [2.75, 3.05) is 39.3 Å². The molecule has 0 aromatic heterocycles. The molecule has 2 nitrogen and oxygen atoms in total. The Bertz CT molecular complexity index is 205. The third-order valence-corrected chi connectivity index (χ3v) is 4.41. The molecule has 0 aromatic rings. The van der Waals surface area contributed by atoms with E-state index in [1.54, 1.807) is 0 Å². The first-order chi connectivity index (χ1) is 7.78. The Balaban J connectivity index is 1.55. The predicted molar refractivity (Wildman–Crippen MR) is 69.7 cm³/mol. The zero-order chi connectivity index (χ0) is 11.4. The Labute approximate surface area is 101 Å². The molecule has 2 rings (SSSR count). The van der Waals surface area contributed by atoms with Crippen molar-refractivity contribution in [1.29, 1.82) is 0 Å². The van der Waals surface area contributed by atoms with E-state index in [-0.39, 0.29) is 0 Å². The van der Waals surface area contributed by atoms with Crippen molar-refractivity contribution in [3.63, 3.8) is 0 Å². The van der Waals surface area contributed by atoms with Gasteiger partial charge in [-0.2, -0.15) is 0 Å². The summed E-state index contributed by atoms with van der Waals surface area (Å²) in [4.78, 5) is 5.26. The lowest BCUT2D eigenvalue weighted by atomic mass is 10.0. The highest BCUT2D eigenvalue weighted by atomic mass is 15.1. The number of likely N-dealkylation sites (tertiary alicyclic amines) is 2. The predicted octanol–water partition coefficient (Wildman–Crippen LogP) is 2.45. The lowest BCUT2D eigenvalue weighted by Gasteiger charge is -2.17. The summed E-state index contributed by atoms with van der Waals surface area (Å²) < 4.78 is 0. The van der Waals surface area contributed by atoms with Crippen LogP contribution >= 0.6 is 0 Å². The molecule has 0 N–H and O–H groups in total. The second-order valence-corrected chi connectivity index (χ2v) is 5.88. The summed E-state index contributed by atoms with van der Waals surface area (Å²) >= 11 is 0. The maximum Gasteiger partial charge on any atom is 0.00100 e. The van der Waals surface area contributed by atoms with Crippen LogP contribution in [-0.2, 0) is 0 Å². The smallest absolute Gasteiger partial charge is 0.00100 e. The van der Waals surface area contributed by atoms with Gasteiger partial charge in [-0.25, -0.2) is 0 Å². The Morgan fingerprint density at radius 1 is 1.06 bits per heavy atom. The second-order valence-electron chi connectivity index (χ2n) is 5.88. The van der Waals surface area contributed by atoms with E-state index >= 15 is 0 Å². The molecule has 94 valence electrons. The van der Waals surface area contributed by atoms with E-state index < -0.39 is 0 Å². The van der Waals surface area contributed by atoms with Crippen molar-refractivity contribution in [2.45, 2.75) is 39.5 Å². The van der Waals surface area contributed by atoms with Gasteiger partial charge < -0.3 is 9.80 Å². The van der Waals surface area contributed by atoms with Gasteiger partial charge in [-0.15, -0.1) is 0 Å². The van der Waals surface area contributed by atoms with Crippen LogP contribution in [0.1, 0.15) is 39.5 Å². The molecule has 0 radical (unpaired) electrons. The van der Waals surface area contributed by atoms with Crippen molar-refractivity contribution >= 4 is 0 Å². The van der Waals surface area contributed by atoms with Gasteiger partial charge in [-0.3, -0.25) is 0 Å². The molecule has 2 heterocycles. The third kappa shape index (κ3) is 3.46. The normalized spacial score (nSPS) is 32.6. The monoisotopic (exact) mass is 224 g/mol. The first kappa shape index (κ1) is 12.4. The van der Waals surface area contributed by atoms with E-state index in [0.717, 1.165) is 11.8 Å². The van der Waals surface area contributed by atoms with Gasteiger partial charge in [-0.05, 0) is 63.7 Å². The van der Waals surface area contributed by atoms with Gasteiger partial charge in [-0.1, -0.05) is 13.8 Å². The Morgan fingerprint density at radius 3 is 2.50 bits per heavy atom. The molecule has 2 atom stereocenters. The minimum Gasteiger partial charge on any atom is -0.303 e. The number of rotatable bonds is 5. The Morgan fingerprint density at radius 2 is 1.88 bits per heavy atom. The van der Waals surface area contributed by atoms with Gasteiger partial charge in [0.15, 0.2) is 0 Å². The van der Waals surface area contributed by atoms with E-state index in [4.69, 9.17) is 0 Å². The first-order valence-corrected chi connectivity index (χ1v) is 7.22. The van der Waals surface area contributed by atoms with Crippen LogP contribution < -0.4 is 0 Å². The van der Waals surface area contributed by atoms with Gasteiger partial charge in [0.2, 0.25) is 0 Å². The fourth-order valence-electron chi connectivity index (χ4n) is 3.27. The minimum absolute atomic E-state index is 0.946. The summed E-state index contributed by atoms with van der Waals surface area (Å²) in [5, 5.41) is 0. The van der Waals surface area contributed by atoms with E-state index in [1.807, 2.05) is 0 Å². The van der Waals surface area contributed by atoms with Gasteiger partial charge in [0.05, 0.1) is 0 Å². The van der Waals surface area contributed by atoms with Crippen molar-refractivity contribution in [3.8, 4) is 0 Å². The second kappa shape index (κ2) is 6.02. The molecule has 2 saturated heterocycles. The van der Waals surface area contributed by atoms with Gasteiger partial charge >= 0.3 is 0 Å². The zero-order valence-corrected chi connectivity index (χ0v) is 11.1. The van der Waals surface area contributed by atoms with Crippen molar-refractivity contribution in [1.82, 2.24) is 9.80 Å². The van der Waals surface area contributed by atoms with Crippen LogP contribution in [0.3, 0.4) is 0 Å². The van der Waals surface area contributed by atoms with E-state index in [9.17, 15) is 0 Å². The van der Waals surface area contributed by atoms with E-state index in [1.165, 1.54) is 65.0 Å². The molecule has 0 aliphatic carbocycles. The van der Waals surface area contributed by atoms with Crippen LogP contribution in [0, 0.1) is 11.8 Å². The highest BCUT2D eigenvalue weighted by Gasteiger charge is 2.22.